The molecule has 1 aromatic rings. The van der Waals surface area contributed by atoms with Gasteiger partial charge < -0.3 is 10.4 Å². The number of aliphatic hydroxyl groups excluding tert-OH is 1. The van der Waals surface area contributed by atoms with Gasteiger partial charge in [0.2, 0.25) is 0 Å². The molecule has 0 fully saturated rings. The normalized spacial score (nSPS) is 12.2. The molecule has 0 radical (unpaired) electrons. The van der Waals surface area contributed by atoms with Crippen LogP contribution in [0.2, 0.25) is 0 Å². The molecule has 0 aromatic heterocycles. The van der Waals surface area contributed by atoms with Gasteiger partial charge in [0.05, 0.1) is 22.7 Å². The van der Waals surface area contributed by atoms with E-state index in [2.05, 4.69) is 21.2 Å². The Morgan fingerprint density at radius 3 is 2.88 bits per heavy atom. The minimum absolute atomic E-state index is 0.0266. The van der Waals surface area contributed by atoms with Gasteiger partial charge >= 0.3 is 0 Å². The van der Waals surface area contributed by atoms with Crippen molar-refractivity contribution in [1.82, 2.24) is 5.32 Å². The minimum Gasteiger partial charge on any atom is -0.394 e. The molecule has 88 valence electrons. The molecule has 0 saturated carbocycles. The minimum atomic E-state index is -0.590. The first-order chi connectivity index (χ1) is 7.60. The zero-order valence-corrected chi connectivity index (χ0v) is 10.4. The quantitative estimate of drug-likeness (QED) is 0.892. The van der Waals surface area contributed by atoms with E-state index in [0.717, 1.165) is 0 Å². The van der Waals surface area contributed by atoms with Crippen LogP contribution in [-0.4, -0.2) is 23.7 Å². The molecule has 1 rings (SSSR count). The summed E-state index contributed by atoms with van der Waals surface area (Å²) in [6, 6.07) is 4.17. The molecule has 0 aliphatic rings. The molecule has 0 aliphatic heterocycles. The van der Waals surface area contributed by atoms with Crippen LogP contribution in [0.1, 0.15) is 23.7 Å². The first kappa shape index (κ1) is 13.1. The van der Waals surface area contributed by atoms with Gasteiger partial charge in [-0.3, -0.25) is 4.79 Å². The molecule has 5 heteroatoms. The molecule has 0 heterocycles. The van der Waals surface area contributed by atoms with Gasteiger partial charge in [0.1, 0.15) is 5.82 Å². The molecule has 1 amide bonds. The first-order valence-corrected chi connectivity index (χ1v) is 5.75. The van der Waals surface area contributed by atoms with Crippen LogP contribution in [0.15, 0.2) is 22.7 Å². The highest BCUT2D eigenvalue weighted by molar-refractivity contribution is 9.10. The molecule has 2 N–H and O–H groups in total. The molecule has 0 bridgehead atoms. The number of benzene rings is 1. The van der Waals surface area contributed by atoms with Crippen LogP contribution in [0.3, 0.4) is 0 Å². The molecule has 0 saturated heterocycles. The second-order valence-electron chi connectivity index (χ2n) is 3.36. The third-order valence-corrected chi connectivity index (χ3v) is 2.86. The predicted molar refractivity (Wildman–Crippen MR) is 62.7 cm³/mol. The largest absolute Gasteiger partial charge is 0.394 e. The average Bonchev–Trinajstić information content (AvgIpc) is 2.29. The van der Waals surface area contributed by atoms with Gasteiger partial charge in [0.15, 0.2) is 0 Å². The molecular formula is C11H13BrFNO2. The summed E-state index contributed by atoms with van der Waals surface area (Å²) in [4.78, 5) is 11.7. The summed E-state index contributed by atoms with van der Waals surface area (Å²) in [5.41, 5.74) is -0.0266. The maximum absolute atomic E-state index is 13.5. The monoisotopic (exact) mass is 289 g/mol. The number of halogens is 2. The summed E-state index contributed by atoms with van der Waals surface area (Å²) in [7, 11) is 0. The number of amides is 1. The van der Waals surface area contributed by atoms with Gasteiger partial charge in [-0.25, -0.2) is 4.39 Å². The van der Waals surface area contributed by atoms with Gasteiger partial charge in [0, 0.05) is 0 Å². The smallest absolute Gasteiger partial charge is 0.254 e. The Morgan fingerprint density at radius 2 is 2.31 bits per heavy atom. The summed E-state index contributed by atoms with van der Waals surface area (Å²) in [6.07, 6.45) is 0.595. The third kappa shape index (κ3) is 3.02. The fourth-order valence-corrected chi connectivity index (χ4v) is 1.59. The number of hydrogen-bond donors (Lipinski definition) is 2. The summed E-state index contributed by atoms with van der Waals surface area (Å²) in [5, 5.41) is 11.5. The zero-order chi connectivity index (χ0) is 12.1. The van der Waals surface area contributed by atoms with Crippen LogP contribution in [0.5, 0.6) is 0 Å². The molecule has 0 spiro atoms. The van der Waals surface area contributed by atoms with Crippen LogP contribution in [0.4, 0.5) is 4.39 Å². The van der Waals surface area contributed by atoms with Crippen LogP contribution in [-0.2, 0) is 0 Å². The topological polar surface area (TPSA) is 49.3 Å². The molecule has 0 unspecified atom stereocenters. The van der Waals surface area contributed by atoms with E-state index in [4.69, 9.17) is 5.11 Å². The van der Waals surface area contributed by atoms with E-state index >= 15 is 0 Å². The van der Waals surface area contributed by atoms with Crippen molar-refractivity contribution in [2.45, 2.75) is 19.4 Å². The fourth-order valence-electron chi connectivity index (χ4n) is 1.22. The highest BCUT2D eigenvalue weighted by atomic mass is 79.9. The fraction of sp³-hybridized carbons (Fsp3) is 0.364. The second kappa shape index (κ2) is 5.96. The van der Waals surface area contributed by atoms with E-state index in [-0.39, 0.29) is 22.7 Å². The number of carbonyl (C=O) groups is 1. The highest BCUT2D eigenvalue weighted by Crippen LogP contribution is 2.18. The van der Waals surface area contributed by atoms with Crippen molar-refractivity contribution in [2.24, 2.45) is 0 Å². The Labute approximate surface area is 102 Å². The maximum atomic E-state index is 13.5. The molecular weight excluding hydrogens is 277 g/mol. The second-order valence-corrected chi connectivity index (χ2v) is 4.22. The maximum Gasteiger partial charge on any atom is 0.254 e. The first-order valence-electron chi connectivity index (χ1n) is 4.95. The summed E-state index contributed by atoms with van der Waals surface area (Å²) < 4.78 is 13.8. The number of hydrogen-bond acceptors (Lipinski definition) is 2. The van der Waals surface area contributed by atoms with Crippen LogP contribution in [0, 0.1) is 5.82 Å². The zero-order valence-electron chi connectivity index (χ0n) is 8.84. The molecule has 1 aromatic carbocycles. The van der Waals surface area contributed by atoms with Crippen molar-refractivity contribution in [3.63, 3.8) is 0 Å². The lowest BCUT2D eigenvalue weighted by molar-refractivity contribution is 0.0910. The predicted octanol–water partition coefficient (Wildman–Crippen LogP) is 2.09. The highest BCUT2D eigenvalue weighted by Gasteiger charge is 2.16. The number of carbonyl (C=O) groups excluding carboxylic acids is 1. The van der Waals surface area contributed by atoms with Crippen molar-refractivity contribution >= 4 is 21.8 Å². The standard InChI is InChI=1S/C11H13BrFNO2/c1-2-7(6-15)14-11(16)8-4-3-5-9(12)10(8)13/h3-5,7,15H,2,6H2,1H3,(H,14,16)/t7-/m0/s1. The number of rotatable bonds is 4. The van der Waals surface area contributed by atoms with Crippen molar-refractivity contribution in [3.05, 3.63) is 34.1 Å². The Balaban J connectivity index is 2.84. The van der Waals surface area contributed by atoms with Crippen molar-refractivity contribution < 1.29 is 14.3 Å². The van der Waals surface area contributed by atoms with Crippen molar-refractivity contribution in [3.8, 4) is 0 Å². The van der Waals surface area contributed by atoms with E-state index in [1.165, 1.54) is 12.1 Å². The number of aliphatic hydroxyl groups is 1. The van der Waals surface area contributed by atoms with Gasteiger partial charge in [-0.2, -0.15) is 0 Å². The van der Waals surface area contributed by atoms with Gasteiger partial charge in [-0.05, 0) is 34.5 Å². The van der Waals surface area contributed by atoms with E-state index < -0.39 is 11.7 Å². The number of nitrogens with one attached hydrogen (secondary N) is 1. The van der Waals surface area contributed by atoms with E-state index in [1.807, 2.05) is 6.92 Å². The van der Waals surface area contributed by atoms with Crippen LogP contribution < -0.4 is 5.32 Å². The van der Waals surface area contributed by atoms with Crippen molar-refractivity contribution in [1.29, 1.82) is 0 Å². The summed E-state index contributed by atoms with van der Waals surface area (Å²) >= 11 is 3.01. The molecule has 3 nitrogen and oxygen atoms in total. The third-order valence-electron chi connectivity index (χ3n) is 2.24. The molecule has 16 heavy (non-hydrogen) atoms. The van der Waals surface area contributed by atoms with E-state index in [0.29, 0.717) is 6.42 Å². The van der Waals surface area contributed by atoms with Gasteiger partial charge in [0.25, 0.3) is 5.91 Å². The molecule has 1 atom stereocenters. The van der Waals surface area contributed by atoms with Gasteiger partial charge in [-0.15, -0.1) is 0 Å². The SMILES string of the molecule is CC[C@@H](CO)NC(=O)c1cccc(Br)c1F. The Bertz CT molecular complexity index is 380. The van der Waals surface area contributed by atoms with Gasteiger partial charge in [-0.1, -0.05) is 13.0 Å². The lowest BCUT2D eigenvalue weighted by atomic mass is 10.1. The van der Waals surface area contributed by atoms with E-state index in [1.54, 1.807) is 6.07 Å². The van der Waals surface area contributed by atoms with E-state index in [9.17, 15) is 9.18 Å². The van der Waals surface area contributed by atoms with Crippen LogP contribution >= 0.6 is 15.9 Å². The lowest BCUT2D eigenvalue weighted by Crippen LogP contribution is -2.37. The summed E-state index contributed by atoms with van der Waals surface area (Å²) in [6.45, 7) is 1.68. The Kier molecular flexibility index (Phi) is 4.89. The summed E-state index contributed by atoms with van der Waals surface area (Å²) in [5.74, 6) is -1.10. The van der Waals surface area contributed by atoms with Crippen LogP contribution in [0.25, 0.3) is 0 Å². The Morgan fingerprint density at radius 1 is 1.62 bits per heavy atom. The average molecular weight is 290 g/mol. The molecule has 0 aliphatic carbocycles. The van der Waals surface area contributed by atoms with Crippen molar-refractivity contribution in [2.75, 3.05) is 6.61 Å². The Hall–Kier alpha value is -0.940. The lowest BCUT2D eigenvalue weighted by Gasteiger charge is -2.14.